The van der Waals surface area contributed by atoms with E-state index < -0.39 is 0 Å². The number of nitrogens with zero attached hydrogens (tertiary/aromatic N) is 2. The van der Waals surface area contributed by atoms with Crippen molar-refractivity contribution >= 4 is 5.52 Å². The summed E-state index contributed by atoms with van der Waals surface area (Å²) in [5.74, 6) is 1.01. The second-order valence-corrected chi connectivity index (χ2v) is 4.34. The molecule has 2 aromatic heterocycles. The molecule has 0 bridgehead atoms. The van der Waals surface area contributed by atoms with Gasteiger partial charge in [-0.05, 0) is 26.0 Å². The van der Waals surface area contributed by atoms with Crippen LogP contribution in [0.3, 0.4) is 0 Å². The fourth-order valence-electron chi connectivity index (χ4n) is 2.10. The van der Waals surface area contributed by atoms with Crippen molar-refractivity contribution in [1.82, 2.24) is 9.38 Å². The third-order valence-electron chi connectivity index (χ3n) is 3.04. The Kier molecular flexibility index (Phi) is 4.00. The molecule has 0 fully saturated rings. The summed E-state index contributed by atoms with van der Waals surface area (Å²) in [5, 5.41) is 0. The molecule has 3 rings (SSSR count). The number of hydrogen-bond donors (Lipinski definition) is 0. The number of rotatable bonds is 1. The van der Waals surface area contributed by atoms with Crippen LogP contribution in [0.5, 0.6) is 0 Å². The predicted octanol–water partition coefficient (Wildman–Crippen LogP) is 4.64. The molecular formula is C17H20N2. The first kappa shape index (κ1) is 13.3. The third kappa shape index (κ3) is 2.53. The van der Waals surface area contributed by atoms with Gasteiger partial charge in [0.1, 0.15) is 5.82 Å². The lowest BCUT2D eigenvalue weighted by atomic mass is 10.1. The van der Waals surface area contributed by atoms with Gasteiger partial charge >= 0.3 is 0 Å². The van der Waals surface area contributed by atoms with Gasteiger partial charge in [0.25, 0.3) is 0 Å². The molecule has 0 unspecified atom stereocenters. The predicted molar refractivity (Wildman–Crippen MR) is 81.5 cm³/mol. The molecule has 0 radical (unpaired) electrons. The second-order valence-electron chi connectivity index (χ2n) is 4.34. The fraction of sp³-hybridized carbons (Fsp3) is 0.235. The van der Waals surface area contributed by atoms with Crippen LogP contribution in [0.1, 0.15) is 25.1 Å². The molecule has 2 heterocycles. The Morgan fingerprint density at radius 3 is 2.26 bits per heavy atom. The van der Waals surface area contributed by atoms with Gasteiger partial charge in [-0.1, -0.05) is 49.7 Å². The van der Waals surface area contributed by atoms with Crippen LogP contribution in [-0.2, 0) is 0 Å². The van der Waals surface area contributed by atoms with E-state index in [1.165, 1.54) is 11.1 Å². The van der Waals surface area contributed by atoms with Crippen LogP contribution in [0.2, 0.25) is 0 Å². The van der Waals surface area contributed by atoms with Crippen LogP contribution in [-0.4, -0.2) is 9.38 Å². The third-order valence-corrected chi connectivity index (χ3v) is 3.04. The van der Waals surface area contributed by atoms with Crippen LogP contribution >= 0.6 is 0 Å². The number of imidazole rings is 1. The van der Waals surface area contributed by atoms with Gasteiger partial charge in [-0.2, -0.15) is 0 Å². The minimum atomic E-state index is 1.01. The largest absolute Gasteiger partial charge is 0.300 e. The lowest BCUT2D eigenvalue weighted by Gasteiger charge is -2.01. The summed E-state index contributed by atoms with van der Waals surface area (Å²) < 4.78 is 2.14. The number of benzene rings is 1. The standard InChI is InChI=1S/C15H14N2.C2H6/c1-11-6-8-13(9-7-11)15-16-12(2)14-5-3-4-10-17(14)15;1-2/h3-10H,1-2H3;1-2H3. The van der Waals surface area contributed by atoms with Gasteiger partial charge < -0.3 is 0 Å². The monoisotopic (exact) mass is 252 g/mol. The van der Waals surface area contributed by atoms with E-state index in [1.807, 2.05) is 32.9 Å². The van der Waals surface area contributed by atoms with E-state index in [4.69, 9.17) is 0 Å². The molecule has 2 heteroatoms. The van der Waals surface area contributed by atoms with E-state index in [0.29, 0.717) is 0 Å². The van der Waals surface area contributed by atoms with Crippen LogP contribution in [0, 0.1) is 13.8 Å². The molecule has 3 aromatic rings. The summed E-state index contributed by atoms with van der Waals surface area (Å²) in [5.41, 5.74) is 4.67. The summed E-state index contributed by atoms with van der Waals surface area (Å²) in [4.78, 5) is 4.65. The zero-order chi connectivity index (χ0) is 13.8. The molecule has 0 saturated heterocycles. The van der Waals surface area contributed by atoms with Gasteiger partial charge in [0.2, 0.25) is 0 Å². The molecule has 0 amide bonds. The van der Waals surface area contributed by atoms with Gasteiger partial charge in [0.15, 0.2) is 0 Å². The molecule has 1 aromatic carbocycles. The van der Waals surface area contributed by atoms with Crippen LogP contribution in [0.25, 0.3) is 16.9 Å². The molecule has 0 spiro atoms. The quantitative estimate of drug-likeness (QED) is 0.616. The highest BCUT2D eigenvalue weighted by Crippen LogP contribution is 2.22. The second kappa shape index (κ2) is 5.70. The van der Waals surface area contributed by atoms with Crippen LogP contribution < -0.4 is 0 Å². The van der Waals surface area contributed by atoms with Crippen LogP contribution in [0.15, 0.2) is 48.7 Å². The SMILES string of the molecule is CC.Cc1ccc(-c2nc(C)c3ccccn23)cc1. The minimum absolute atomic E-state index is 1.01. The number of fused-ring (bicyclic) bond motifs is 1. The lowest BCUT2D eigenvalue weighted by Crippen LogP contribution is -1.88. The molecule has 98 valence electrons. The Morgan fingerprint density at radius 2 is 1.58 bits per heavy atom. The number of aryl methyl sites for hydroxylation is 2. The van der Waals surface area contributed by atoms with Crippen molar-refractivity contribution in [3.8, 4) is 11.4 Å². The van der Waals surface area contributed by atoms with Gasteiger partial charge in [0, 0.05) is 11.8 Å². The molecular weight excluding hydrogens is 232 g/mol. The minimum Gasteiger partial charge on any atom is -0.300 e. The first-order valence-corrected chi connectivity index (χ1v) is 6.76. The van der Waals surface area contributed by atoms with Crippen molar-refractivity contribution in [2.75, 3.05) is 0 Å². The van der Waals surface area contributed by atoms with Crippen molar-refractivity contribution in [3.05, 3.63) is 59.9 Å². The van der Waals surface area contributed by atoms with E-state index in [2.05, 4.69) is 52.8 Å². The van der Waals surface area contributed by atoms with Crippen molar-refractivity contribution in [2.45, 2.75) is 27.7 Å². The van der Waals surface area contributed by atoms with Crippen LogP contribution in [0.4, 0.5) is 0 Å². The average molecular weight is 252 g/mol. The summed E-state index contributed by atoms with van der Waals surface area (Å²) in [6.45, 7) is 8.14. The number of pyridine rings is 1. The van der Waals surface area contributed by atoms with Crippen molar-refractivity contribution in [2.24, 2.45) is 0 Å². The van der Waals surface area contributed by atoms with Crippen molar-refractivity contribution in [1.29, 1.82) is 0 Å². The molecule has 0 aliphatic carbocycles. The van der Waals surface area contributed by atoms with E-state index in [9.17, 15) is 0 Å². The van der Waals surface area contributed by atoms with Crippen molar-refractivity contribution < 1.29 is 0 Å². The topological polar surface area (TPSA) is 17.3 Å². The smallest absolute Gasteiger partial charge is 0.144 e. The van der Waals surface area contributed by atoms with Gasteiger partial charge in [-0.25, -0.2) is 4.98 Å². The van der Waals surface area contributed by atoms with Gasteiger partial charge in [-0.15, -0.1) is 0 Å². The molecule has 0 aliphatic rings. The fourth-order valence-corrected chi connectivity index (χ4v) is 2.10. The van der Waals surface area contributed by atoms with E-state index in [-0.39, 0.29) is 0 Å². The molecule has 2 nitrogen and oxygen atoms in total. The summed E-state index contributed by atoms with van der Waals surface area (Å²) in [6, 6.07) is 14.7. The Labute approximate surface area is 114 Å². The van der Waals surface area contributed by atoms with E-state index in [1.54, 1.807) is 0 Å². The Morgan fingerprint density at radius 1 is 0.895 bits per heavy atom. The highest BCUT2D eigenvalue weighted by Gasteiger charge is 2.08. The lowest BCUT2D eigenvalue weighted by molar-refractivity contribution is 1.16. The Hall–Kier alpha value is -2.09. The molecule has 0 aliphatic heterocycles. The highest BCUT2D eigenvalue weighted by molar-refractivity contribution is 5.65. The molecule has 0 saturated carbocycles. The normalized spacial score (nSPS) is 10.1. The summed E-state index contributed by atoms with van der Waals surface area (Å²) >= 11 is 0. The van der Waals surface area contributed by atoms with Gasteiger partial charge in [0.05, 0.1) is 11.2 Å². The molecule has 19 heavy (non-hydrogen) atoms. The summed E-state index contributed by atoms with van der Waals surface area (Å²) in [7, 11) is 0. The zero-order valence-electron chi connectivity index (χ0n) is 12.0. The zero-order valence-corrected chi connectivity index (χ0v) is 12.0. The molecule has 0 atom stereocenters. The number of hydrogen-bond acceptors (Lipinski definition) is 1. The van der Waals surface area contributed by atoms with Crippen molar-refractivity contribution in [3.63, 3.8) is 0 Å². The first-order chi connectivity index (χ1) is 9.25. The Balaban J connectivity index is 0.000000637. The first-order valence-electron chi connectivity index (χ1n) is 6.76. The van der Waals surface area contributed by atoms with E-state index in [0.717, 1.165) is 17.1 Å². The number of aromatic nitrogens is 2. The van der Waals surface area contributed by atoms with E-state index >= 15 is 0 Å². The molecule has 0 N–H and O–H groups in total. The Bertz CT molecular complexity index is 663. The maximum Gasteiger partial charge on any atom is 0.144 e. The summed E-state index contributed by atoms with van der Waals surface area (Å²) in [6.07, 6.45) is 2.06. The maximum atomic E-state index is 4.65. The highest BCUT2D eigenvalue weighted by atomic mass is 15.0. The van der Waals surface area contributed by atoms with Gasteiger partial charge in [-0.3, -0.25) is 4.40 Å². The maximum absolute atomic E-state index is 4.65. The average Bonchev–Trinajstić information content (AvgIpc) is 2.80.